The van der Waals surface area contributed by atoms with Crippen LogP contribution in [0.5, 0.6) is 0 Å². The van der Waals surface area contributed by atoms with Crippen LogP contribution >= 0.6 is 0 Å². The molecule has 0 aliphatic heterocycles. The fraction of sp³-hybridized carbons (Fsp3) is 0.273. The van der Waals surface area contributed by atoms with Crippen LogP contribution in [0.15, 0.2) is 41.2 Å². The Labute approximate surface area is 147 Å². The van der Waals surface area contributed by atoms with Gasteiger partial charge in [0.05, 0.1) is 12.1 Å². The van der Waals surface area contributed by atoms with Crippen molar-refractivity contribution in [1.29, 1.82) is 0 Å². The molecule has 128 valence electrons. The van der Waals surface area contributed by atoms with Crippen molar-refractivity contribution in [2.75, 3.05) is 0 Å². The molecule has 25 heavy (non-hydrogen) atoms. The molecule has 0 bridgehead atoms. The molecule has 0 saturated carbocycles. The van der Waals surface area contributed by atoms with E-state index in [1.165, 1.54) is 0 Å². The number of rotatable bonds is 3. The first-order valence-corrected chi connectivity index (χ1v) is 8.50. The Hall–Kier alpha value is -2.68. The monoisotopic (exact) mass is 333 g/mol. The van der Waals surface area contributed by atoms with E-state index in [2.05, 4.69) is 12.1 Å². The van der Waals surface area contributed by atoms with Crippen LogP contribution in [-0.2, 0) is 6.54 Å². The van der Waals surface area contributed by atoms with Gasteiger partial charge in [0.2, 0.25) is 0 Å². The minimum atomic E-state index is -0.130. The summed E-state index contributed by atoms with van der Waals surface area (Å²) >= 11 is 0. The zero-order valence-electron chi connectivity index (χ0n) is 15.4. The Morgan fingerprint density at radius 3 is 2.24 bits per heavy atom. The van der Waals surface area contributed by atoms with Gasteiger partial charge in [-0.25, -0.2) is 0 Å². The predicted molar refractivity (Wildman–Crippen MR) is 103 cm³/mol. The molecule has 1 aromatic heterocycles. The average Bonchev–Trinajstić information content (AvgIpc) is 2.53. The first-order valence-electron chi connectivity index (χ1n) is 8.50. The number of hydrogen-bond donors (Lipinski definition) is 0. The van der Waals surface area contributed by atoms with Crippen LogP contribution in [0.25, 0.3) is 10.9 Å². The minimum Gasteiger partial charge on any atom is -0.300 e. The van der Waals surface area contributed by atoms with Crippen molar-refractivity contribution in [2.45, 2.75) is 41.2 Å². The zero-order chi connectivity index (χ0) is 18.3. The van der Waals surface area contributed by atoms with E-state index >= 15 is 0 Å². The van der Waals surface area contributed by atoms with Gasteiger partial charge in [0, 0.05) is 17.0 Å². The van der Waals surface area contributed by atoms with Gasteiger partial charge in [0.15, 0.2) is 5.78 Å². The molecular weight excluding hydrogens is 310 g/mol. The van der Waals surface area contributed by atoms with Crippen molar-refractivity contribution in [1.82, 2.24) is 4.57 Å². The second-order valence-corrected chi connectivity index (χ2v) is 6.95. The lowest BCUT2D eigenvalue weighted by atomic mass is 10.0. The number of pyridine rings is 1. The summed E-state index contributed by atoms with van der Waals surface area (Å²) in [5.74, 6) is -0.0460. The first-order chi connectivity index (χ1) is 11.8. The molecular formula is C22H23NO2. The molecule has 2 aromatic carbocycles. The molecule has 3 rings (SSSR count). The van der Waals surface area contributed by atoms with Crippen LogP contribution < -0.4 is 5.56 Å². The van der Waals surface area contributed by atoms with Crippen LogP contribution in [-0.4, -0.2) is 10.4 Å². The SMILES string of the molecule is Cc1cc(C)c2c(c1)c(C)cc(=O)n2CC(=O)c1ccc(C)c(C)c1. The van der Waals surface area contributed by atoms with Crippen molar-refractivity contribution < 1.29 is 4.79 Å². The Balaban J connectivity index is 2.14. The Morgan fingerprint density at radius 2 is 1.56 bits per heavy atom. The van der Waals surface area contributed by atoms with E-state index in [1.807, 2.05) is 52.8 Å². The summed E-state index contributed by atoms with van der Waals surface area (Å²) in [5, 5.41) is 1.03. The first kappa shape index (κ1) is 17.2. The summed E-state index contributed by atoms with van der Waals surface area (Å²) < 4.78 is 1.61. The highest BCUT2D eigenvalue weighted by Gasteiger charge is 2.14. The molecule has 0 unspecified atom stereocenters. The number of aromatic nitrogens is 1. The fourth-order valence-electron chi connectivity index (χ4n) is 3.38. The molecule has 0 amide bonds. The predicted octanol–water partition coefficient (Wildman–Crippen LogP) is 4.43. The molecule has 1 heterocycles. The van der Waals surface area contributed by atoms with E-state index < -0.39 is 0 Å². The van der Waals surface area contributed by atoms with Gasteiger partial charge in [-0.15, -0.1) is 0 Å². The topological polar surface area (TPSA) is 39.1 Å². The van der Waals surface area contributed by atoms with Gasteiger partial charge in [0.1, 0.15) is 0 Å². The molecule has 0 fully saturated rings. The van der Waals surface area contributed by atoms with Gasteiger partial charge < -0.3 is 4.57 Å². The molecule has 0 atom stereocenters. The van der Waals surface area contributed by atoms with Gasteiger partial charge >= 0.3 is 0 Å². The molecule has 0 radical (unpaired) electrons. The van der Waals surface area contributed by atoms with Crippen LogP contribution in [0.1, 0.15) is 38.2 Å². The Kier molecular flexibility index (Phi) is 4.34. The molecule has 0 aliphatic rings. The van der Waals surface area contributed by atoms with Crippen molar-refractivity contribution in [3.63, 3.8) is 0 Å². The van der Waals surface area contributed by atoms with E-state index in [4.69, 9.17) is 0 Å². The summed E-state index contributed by atoms with van der Waals surface area (Å²) in [5.41, 5.74) is 6.72. The van der Waals surface area contributed by atoms with Crippen LogP contribution in [0.4, 0.5) is 0 Å². The molecule has 0 saturated heterocycles. The van der Waals surface area contributed by atoms with Crippen molar-refractivity contribution in [3.8, 4) is 0 Å². The van der Waals surface area contributed by atoms with Crippen LogP contribution in [0.3, 0.4) is 0 Å². The Bertz CT molecular complexity index is 1060. The smallest absolute Gasteiger partial charge is 0.251 e. The van der Waals surface area contributed by atoms with E-state index in [1.54, 1.807) is 10.6 Å². The number of carbonyl (C=O) groups is 1. The highest BCUT2D eigenvalue weighted by atomic mass is 16.1. The Morgan fingerprint density at radius 1 is 0.840 bits per heavy atom. The summed E-state index contributed by atoms with van der Waals surface area (Å²) in [6.45, 7) is 10.0. The molecule has 0 aliphatic carbocycles. The number of nitrogens with zero attached hydrogens (tertiary/aromatic N) is 1. The summed E-state index contributed by atoms with van der Waals surface area (Å²) in [6.07, 6.45) is 0. The lowest BCUT2D eigenvalue weighted by Crippen LogP contribution is -2.25. The number of fused-ring (bicyclic) bond motifs is 1. The molecule has 3 nitrogen and oxygen atoms in total. The highest BCUT2D eigenvalue weighted by molar-refractivity contribution is 5.97. The van der Waals surface area contributed by atoms with Crippen molar-refractivity contribution >= 4 is 16.7 Å². The van der Waals surface area contributed by atoms with Gasteiger partial charge in [-0.2, -0.15) is 0 Å². The summed E-state index contributed by atoms with van der Waals surface area (Å²) in [4.78, 5) is 25.4. The van der Waals surface area contributed by atoms with Crippen molar-refractivity contribution in [3.05, 3.63) is 80.1 Å². The minimum absolute atomic E-state index is 0.0460. The van der Waals surface area contributed by atoms with Crippen LogP contribution in [0, 0.1) is 34.6 Å². The third-order valence-corrected chi connectivity index (χ3v) is 4.88. The average molecular weight is 333 g/mol. The zero-order valence-corrected chi connectivity index (χ0v) is 15.4. The van der Waals surface area contributed by atoms with Gasteiger partial charge in [0.25, 0.3) is 5.56 Å². The number of ketones is 1. The number of benzene rings is 2. The second kappa shape index (κ2) is 6.32. The van der Waals surface area contributed by atoms with E-state index in [0.29, 0.717) is 5.56 Å². The molecule has 0 spiro atoms. The molecule has 0 N–H and O–H groups in total. The lowest BCUT2D eigenvalue weighted by Gasteiger charge is -2.15. The maximum absolute atomic E-state index is 12.8. The normalized spacial score (nSPS) is 11.1. The van der Waals surface area contributed by atoms with Crippen LogP contribution in [0.2, 0.25) is 0 Å². The van der Waals surface area contributed by atoms with Gasteiger partial charge in [-0.1, -0.05) is 23.8 Å². The van der Waals surface area contributed by atoms with Crippen molar-refractivity contribution in [2.24, 2.45) is 0 Å². The third kappa shape index (κ3) is 3.14. The maximum atomic E-state index is 12.8. The molecule has 3 aromatic rings. The van der Waals surface area contributed by atoms with Gasteiger partial charge in [-0.05, 0) is 69.0 Å². The van der Waals surface area contributed by atoms with E-state index in [9.17, 15) is 9.59 Å². The maximum Gasteiger partial charge on any atom is 0.251 e. The number of aryl methyl sites for hydroxylation is 5. The third-order valence-electron chi connectivity index (χ3n) is 4.88. The second-order valence-electron chi connectivity index (χ2n) is 6.95. The van der Waals surface area contributed by atoms with Gasteiger partial charge in [-0.3, -0.25) is 9.59 Å². The fourth-order valence-corrected chi connectivity index (χ4v) is 3.38. The largest absolute Gasteiger partial charge is 0.300 e. The van der Waals surface area contributed by atoms with E-state index in [0.717, 1.165) is 38.7 Å². The summed E-state index contributed by atoms with van der Waals surface area (Å²) in [6, 6.07) is 11.4. The highest BCUT2D eigenvalue weighted by Crippen LogP contribution is 2.23. The molecule has 3 heteroatoms. The number of hydrogen-bond acceptors (Lipinski definition) is 2. The number of Topliss-reactive ketones (excluding diaryl/α,β-unsaturated/α-hetero) is 1. The quantitative estimate of drug-likeness (QED) is 0.665. The summed E-state index contributed by atoms with van der Waals surface area (Å²) in [7, 11) is 0. The number of carbonyl (C=O) groups excluding carboxylic acids is 1. The standard InChI is InChI=1S/C22H23NO2/c1-13-8-17(5)22-19(9-13)16(4)11-21(25)23(22)12-20(24)18-7-6-14(2)15(3)10-18/h6-11H,12H2,1-5H3. The van der Waals surface area contributed by atoms with E-state index in [-0.39, 0.29) is 17.9 Å². The lowest BCUT2D eigenvalue weighted by molar-refractivity contribution is 0.0972.